The maximum atomic E-state index is 5.97. The molecule has 0 fully saturated rings. The zero-order valence-electron chi connectivity index (χ0n) is 16.5. The number of ether oxygens (including phenoxy) is 1. The molecule has 2 rings (SSSR count). The SMILES string of the molecule is CCNC(=NCC(C)Oc1ccccc1C)NCCCc1nc(C)no1.I. The van der Waals surface area contributed by atoms with E-state index in [1.54, 1.807) is 0 Å². The first kappa shape index (κ1) is 23.2. The molecule has 150 valence electrons. The van der Waals surface area contributed by atoms with Gasteiger partial charge in [0.05, 0.1) is 6.54 Å². The third-order valence-corrected chi connectivity index (χ3v) is 3.70. The second-order valence-corrected chi connectivity index (χ2v) is 6.18. The number of rotatable bonds is 9. The van der Waals surface area contributed by atoms with Gasteiger partial charge in [-0.3, -0.25) is 0 Å². The first-order valence-electron chi connectivity index (χ1n) is 9.12. The van der Waals surface area contributed by atoms with Gasteiger partial charge in [0.1, 0.15) is 11.9 Å². The number of aromatic nitrogens is 2. The van der Waals surface area contributed by atoms with E-state index in [1.807, 2.05) is 52.0 Å². The molecule has 1 atom stereocenters. The molecule has 1 heterocycles. The number of aryl methyl sites for hydroxylation is 3. The van der Waals surface area contributed by atoms with E-state index in [-0.39, 0.29) is 30.1 Å². The highest BCUT2D eigenvalue weighted by atomic mass is 127. The minimum Gasteiger partial charge on any atom is -0.489 e. The molecule has 0 radical (unpaired) electrons. The smallest absolute Gasteiger partial charge is 0.226 e. The zero-order chi connectivity index (χ0) is 18.8. The molecule has 0 amide bonds. The van der Waals surface area contributed by atoms with Crippen molar-refractivity contribution < 1.29 is 9.26 Å². The van der Waals surface area contributed by atoms with Gasteiger partial charge >= 0.3 is 0 Å². The van der Waals surface area contributed by atoms with E-state index in [0.29, 0.717) is 18.3 Å². The molecule has 0 bridgehead atoms. The number of aliphatic imine (C=N–C) groups is 1. The molecule has 7 nitrogen and oxygen atoms in total. The average Bonchev–Trinajstić information content (AvgIpc) is 3.03. The van der Waals surface area contributed by atoms with Gasteiger partial charge in [0, 0.05) is 19.5 Å². The van der Waals surface area contributed by atoms with Crippen molar-refractivity contribution in [2.24, 2.45) is 4.99 Å². The van der Waals surface area contributed by atoms with Gasteiger partial charge < -0.3 is 19.9 Å². The van der Waals surface area contributed by atoms with Crippen molar-refractivity contribution in [3.05, 3.63) is 41.5 Å². The van der Waals surface area contributed by atoms with E-state index >= 15 is 0 Å². The third kappa shape index (κ3) is 8.59. The van der Waals surface area contributed by atoms with E-state index in [4.69, 9.17) is 9.26 Å². The van der Waals surface area contributed by atoms with E-state index in [2.05, 4.69) is 25.8 Å². The van der Waals surface area contributed by atoms with Crippen LogP contribution in [0.5, 0.6) is 5.75 Å². The van der Waals surface area contributed by atoms with Gasteiger partial charge in [-0.15, -0.1) is 24.0 Å². The summed E-state index contributed by atoms with van der Waals surface area (Å²) < 4.78 is 11.1. The Morgan fingerprint density at radius 2 is 2.04 bits per heavy atom. The lowest BCUT2D eigenvalue weighted by Gasteiger charge is -2.16. The standard InChI is InChI=1S/C19H29N5O2.HI/c1-5-20-19(21-12-8-11-18-23-16(4)24-26-18)22-13-15(3)25-17-10-7-6-9-14(17)2;/h6-7,9-10,15H,5,8,11-13H2,1-4H3,(H2,20,21,22);1H. The molecule has 0 spiro atoms. The lowest BCUT2D eigenvalue weighted by molar-refractivity contribution is 0.228. The molecule has 1 aromatic heterocycles. The summed E-state index contributed by atoms with van der Waals surface area (Å²) in [5, 5.41) is 10.4. The fourth-order valence-corrected chi connectivity index (χ4v) is 2.39. The largest absolute Gasteiger partial charge is 0.489 e. The van der Waals surface area contributed by atoms with Gasteiger partial charge in [-0.25, -0.2) is 4.99 Å². The molecule has 0 aliphatic heterocycles. The minimum atomic E-state index is -0.00655. The van der Waals surface area contributed by atoms with E-state index < -0.39 is 0 Å². The number of nitrogens with zero attached hydrogens (tertiary/aromatic N) is 3. The molecular weight excluding hydrogens is 457 g/mol. The minimum absolute atomic E-state index is 0. The summed E-state index contributed by atoms with van der Waals surface area (Å²) in [4.78, 5) is 8.81. The van der Waals surface area contributed by atoms with E-state index in [1.165, 1.54) is 0 Å². The summed E-state index contributed by atoms with van der Waals surface area (Å²) in [5.74, 6) is 3.04. The topological polar surface area (TPSA) is 84.6 Å². The monoisotopic (exact) mass is 487 g/mol. The molecule has 2 aromatic rings. The summed E-state index contributed by atoms with van der Waals surface area (Å²) in [6, 6.07) is 8.02. The van der Waals surface area contributed by atoms with E-state index in [0.717, 1.165) is 43.2 Å². The highest BCUT2D eigenvalue weighted by Crippen LogP contribution is 2.17. The molecule has 2 N–H and O–H groups in total. The normalized spacial score (nSPS) is 12.2. The maximum absolute atomic E-state index is 5.97. The summed E-state index contributed by atoms with van der Waals surface area (Å²) in [7, 11) is 0. The van der Waals surface area contributed by atoms with Crippen LogP contribution in [0, 0.1) is 13.8 Å². The van der Waals surface area contributed by atoms with Crippen molar-refractivity contribution >= 4 is 29.9 Å². The summed E-state index contributed by atoms with van der Waals surface area (Å²) >= 11 is 0. The molecule has 0 saturated carbocycles. The van der Waals surface area contributed by atoms with Crippen LogP contribution in [0.15, 0.2) is 33.8 Å². The number of hydrogen-bond acceptors (Lipinski definition) is 5. The quantitative estimate of drug-likeness (QED) is 0.245. The van der Waals surface area contributed by atoms with Crippen molar-refractivity contribution in [1.29, 1.82) is 0 Å². The fourth-order valence-electron chi connectivity index (χ4n) is 2.39. The first-order valence-corrected chi connectivity index (χ1v) is 9.12. The Labute approximate surface area is 178 Å². The molecule has 1 aromatic carbocycles. The summed E-state index contributed by atoms with van der Waals surface area (Å²) in [5.41, 5.74) is 1.13. The lowest BCUT2D eigenvalue weighted by atomic mass is 10.2. The van der Waals surface area contributed by atoms with Gasteiger partial charge in [0.25, 0.3) is 0 Å². The van der Waals surface area contributed by atoms with Crippen molar-refractivity contribution in [2.75, 3.05) is 19.6 Å². The van der Waals surface area contributed by atoms with Crippen LogP contribution >= 0.6 is 24.0 Å². The second kappa shape index (κ2) is 12.5. The highest BCUT2D eigenvalue weighted by Gasteiger charge is 2.07. The molecule has 0 aliphatic rings. The van der Waals surface area contributed by atoms with Crippen molar-refractivity contribution in [3.63, 3.8) is 0 Å². The molecule has 0 saturated heterocycles. The van der Waals surface area contributed by atoms with Crippen LogP contribution in [0.2, 0.25) is 0 Å². The molecule has 0 aliphatic carbocycles. The summed E-state index contributed by atoms with van der Waals surface area (Å²) in [6.07, 6.45) is 1.63. The van der Waals surface area contributed by atoms with Crippen LogP contribution in [0.1, 0.15) is 37.5 Å². The predicted molar refractivity (Wildman–Crippen MR) is 118 cm³/mol. The van der Waals surface area contributed by atoms with Crippen LogP contribution < -0.4 is 15.4 Å². The number of guanidine groups is 1. The van der Waals surface area contributed by atoms with Crippen LogP contribution in [0.25, 0.3) is 0 Å². The van der Waals surface area contributed by atoms with Gasteiger partial charge in [0.2, 0.25) is 5.89 Å². The predicted octanol–water partition coefficient (Wildman–Crippen LogP) is 3.26. The summed E-state index contributed by atoms with van der Waals surface area (Å²) in [6.45, 7) is 10.1. The third-order valence-electron chi connectivity index (χ3n) is 3.70. The van der Waals surface area contributed by atoms with Crippen LogP contribution in [0.4, 0.5) is 0 Å². The Bertz CT molecular complexity index is 705. The molecular formula is C19H30IN5O2. The number of benzene rings is 1. The van der Waals surface area contributed by atoms with E-state index in [9.17, 15) is 0 Å². The average molecular weight is 487 g/mol. The molecule has 1 unspecified atom stereocenters. The molecule has 27 heavy (non-hydrogen) atoms. The fraction of sp³-hybridized carbons (Fsp3) is 0.526. The number of para-hydroxylation sites is 1. The maximum Gasteiger partial charge on any atom is 0.226 e. The second-order valence-electron chi connectivity index (χ2n) is 6.18. The van der Waals surface area contributed by atoms with Crippen LogP contribution in [-0.2, 0) is 6.42 Å². The zero-order valence-corrected chi connectivity index (χ0v) is 18.8. The van der Waals surface area contributed by atoms with Gasteiger partial charge in [0.15, 0.2) is 11.8 Å². The number of hydrogen-bond donors (Lipinski definition) is 2. The highest BCUT2D eigenvalue weighted by molar-refractivity contribution is 14.0. The van der Waals surface area contributed by atoms with Gasteiger partial charge in [-0.1, -0.05) is 23.4 Å². The van der Waals surface area contributed by atoms with Crippen LogP contribution in [-0.4, -0.2) is 41.8 Å². The van der Waals surface area contributed by atoms with Crippen molar-refractivity contribution in [1.82, 2.24) is 20.8 Å². The Morgan fingerprint density at radius 1 is 1.26 bits per heavy atom. The van der Waals surface area contributed by atoms with Gasteiger partial charge in [-0.05, 0) is 45.7 Å². The van der Waals surface area contributed by atoms with Crippen molar-refractivity contribution in [3.8, 4) is 5.75 Å². The first-order chi connectivity index (χ1) is 12.6. The van der Waals surface area contributed by atoms with Crippen LogP contribution in [0.3, 0.4) is 0 Å². The molecule has 8 heteroatoms. The number of nitrogens with one attached hydrogen (secondary N) is 2. The number of halogens is 1. The Morgan fingerprint density at radius 3 is 2.70 bits per heavy atom. The lowest BCUT2D eigenvalue weighted by Crippen LogP contribution is -2.38. The Balaban J connectivity index is 0.00000364. The Kier molecular flexibility index (Phi) is 10.8. The Hall–Kier alpha value is -1.84. The van der Waals surface area contributed by atoms with Gasteiger partial charge in [-0.2, -0.15) is 4.98 Å². The van der Waals surface area contributed by atoms with Crippen molar-refractivity contribution in [2.45, 2.75) is 46.6 Å².